The van der Waals surface area contributed by atoms with E-state index in [0.29, 0.717) is 51.5 Å². The van der Waals surface area contributed by atoms with Gasteiger partial charge in [0.2, 0.25) is 0 Å². The molecule has 1 aliphatic heterocycles. The zero-order valence-electron chi connectivity index (χ0n) is 20.8. The van der Waals surface area contributed by atoms with Crippen molar-refractivity contribution in [2.45, 2.75) is 26.3 Å². The Kier molecular flexibility index (Phi) is 7.35. The molecule has 3 aromatic carbocycles. The first-order valence-corrected chi connectivity index (χ1v) is 13.4. The molecule has 5 rings (SSSR count). The minimum absolute atomic E-state index is 0.0248. The summed E-state index contributed by atoms with van der Waals surface area (Å²) in [6.07, 6.45) is 0.865. The number of rotatable bonds is 8. The first kappa shape index (κ1) is 25.8. The molecule has 1 atom stereocenters. The Morgan fingerprint density at radius 1 is 1.03 bits per heavy atom. The Balaban J connectivity index is 1.66. The fourth-order valence-electron chi connectivity index (χ4n) is 4.36. The minimum Gasteiger partial charge on any atom is -0.507 e. The molecule has 1 N–H and O–H groups in total. The van der Waals surface area contributed by atoms with Crippen molar-refractivity contribution in [3.8, 4) is 11.5 Å². The summed E-state index contributed by atoms with van der Waals surface area (Å²) in [6, 6.07) is 18.3. The van der Waals surface area contributed by atoms with E-state index in [1.54, 1.807) is 66.7 Å². The van der Waals surface area contributed by atoms with Crippen molar-refractivity contribution in [3.63, 3.8) is 0 Å². The van der Waals surface area contributed by atoms with Crippen molar-refractivity contribution in [2.24, 2.45) is 0 Å². The third-order valence-corrected chi connectivity index (χ3v) is 7.33. The second kappa shape index (κ2) is 10.8. The molecule has 1 saturated heterocycles. The van der Waals surface area contributed by atoms with Crippen LogP contribution in [0.15, 0.2) is 72.3 Å². The number of aromatic nitrogens is 1. The Labute approximate surface area is 228 Å². The summed E-state index contributed by atoms with van der Waals surface area (Å²) >= 11 is 7.42. The predicted octanol–water partition coefficient (Wildman–Crippen LogP) is 6.76. The number of hydrogen-bond acceptors (Lipinski definition) is 7. The maximum absolute atomic E-state index is 13.5. The lowest BCUT2D eigenvalue weighted by Crippen LogP contribution is -2.29. The van der Waals surface area contributed by atoms with Crippen molar-refractivity contribution in [1.29, 1.82) is 0 Å². The van der Waals surface area contributed by atoms with Crippen LogP contribution in [-0.2, 0) is 9.59 Å². The molecular formula is C29H25ClN2O5S. The number of halogens is 1. The molecule has 0 saturated carbocycles. The molecule has 38 heavy (non-hydrogen) atoms. The van der Waals surface area contributed by atoms with Gasteiger partial charge in [0.1, 0.15) is 17.3 Å². The number of Topliss-reactive ketones (excluding diaryl/α,β-unsaturated/α-hetero) is 1. The molecule has 0 aliphatic carbocycles. The van der Waals surface area contributed by atoms with Gasteiger partial charge in [0.05, 0.1) is 35.0 Å². The summed E-state index contributed by atoms with van der Waals surface area (Å²) in [5, 5.41) is 12.3. The number of ether oxygens (including phenoxy) is 2. The SMILES string of the molecule is CCCOc1ccc(C2C(=C(O)c3cccc(OCC)c3)C(=O)C(=O)N2c2nc3ccc(Cl)cc3s2)cc1. The first-order valence-electron chi connectivity index (χ1n) is 12.2. The number of aliphatic hydroxyl groups excluding tert-OH is 1. The van der Waals surface area contributed by atoms with E-state index in [1.165, 1.54) is 16.2 Å². The summed E-state index contributed by atoms with van der Waals surface area (Å²) in [5.41, 5.74) is 1.64. The van der Waals surface area contributed by atoms with Crippen molar-refractivity contribution in [1.82, 2.24) is 4.98 Å². The highest BCUT2D eigenvalue weighted by Gasteiger charge is 2.48. The van der Waals surface area contributed by atoms with Gasteiger partial charge in [0.25, 0.3) is 5.78 Å². The number of carbonyl (C=O) groups is 2. The number of anilines is 1. The van der Waals surface area contributed by atoms with Crippen LogP contribution in [0.3, 0.4) is 0 Å². The van der Waals surface area contributed by atoms with Gasteiger partial charge in [-0.1, -0.05) is 54.1 Å². The number of carbonyl (C=O) groups excluding carboxylic acids is 2. The zero-order chi connectivity index (χ0) is 26.8. The molecule has 194 valence electrons. The smallest absolute Gasteiger partial charge is 0.301 e. The molecule has 7 nitrogen and oxygen atoms in total. The number of ketones is 1. The van der Waals surface area contributed by atoms with Crippen LogP contribution in [-0.4, -0.2) is 35.0 Å². The lowest BCUT2D eigenvalue weighted by atomic mass is 9.95. The molecule has 4 aromatic rings. The first-order chi connectivity index (χ1) is 18.4. The molecule has 1 amide bonds. The van der Waals surface area contributed by atoms with E-state index in [9.17, 15) is 14.7 Å². The number of hydrogen-bond donors (Lipinski definition) is 1. The Morgan fingerprint density at radius 2 is 1.82 bits per heavy atom. The fraction of sp³-hybridized carbons (Fsp3) is 0.207. The van der Waals surface area contributed by atoms with Gasteiger partial charge in [-0.05, 0) is 61.4 Å². The number of thiazole rings is 1. The van der Waals surface area contributed by atoms with E-state index in [1.807, 2.05) is 13.8 Å². The van der Waals surface area contributed by atoms with Crippen LogP contribution >= 0.6 is 22.9 Å². The molecule has 2 heterocycles. The Bertz CT molecular complexity index is 1550. The van der Waals surface area contributed by atoms with Crippen LogP contribution in [0.5, 0.6) is 11.5 Å². The van der Waals surface area contributed by atoms with Gasteiger partial charge in [-0.25, -0.2) is 4.98 Å². The van der Waals surface area contributed by atoms with Gasteiger partial charge in [0, 0.05) is 10.6 Å². The van der Waals surface area contributed by atoms with Crippen LogP contribution in [0.2, 0.25) is 5.02 Å². The zero-order valence-corrected chi connectivity index (χ0v) is 22.4. The second-order valence-corrected chi connectivity index (χ2v) is 10.1. The number of amides is 1. The monoisotopic (exact) mass is 548 g/mol. The Hall–Kier alpha value is -3.88. The van der Waals surface area contributed by atoms with E-state index < -0.39 is 17.7 Å². The molecule has 1 aromatic heterocycles. The standard InChI is InChI=1S/C29H25ClN2O5S/c1-3-14-37-20-11-8-17(9-12-20)25-24(26(33)18-6-5-7-21(15-18)36-4-2)27(34)28(35)32(25)29-31-22-13-10-19(30)16-23(22)38-29/h5-13,15-16,25,33H,3-4,14H2,1-2H3. The van der Waals surface area contributed by atoms with Gasteiger partial charge < -0.3 is 14.6 Å². The highest BCUT2D eigenvalue weighted by atomic mass is 35.5. The largest absolute Gasteiger partial charge is 0.507 e. The summed E-state index contributed by atoms with van der Waals surface area (Å²) in [7, 11) is 0. The molecule has 0 radical (unpaired) electrons. The number of benzene rings is 3. The molecule has 9 heteroatoms. The van der Waals surface area contributed by atoms with Crippen molar-refractivity contribution < 1.29 is 24.2 Å². The lowest BCUT2D eigenvalue weighted by Gasteiger charge is -2.23. The van der Waals surface area contributed by atoms with Crippen LogP contribution in [0, 0.1) is 0 Å². The molecular weight excluding hydrogens is 524 g/mol. The van der Waals surface area contributed by atoms with Gasteiger partial charge in [-0.3, -0.25) is 14.5 Å². The molecule has 0 bridgehead atoms. The van der Waals surface area contributed by atoms with E-state index in [-0.39, 0.29) is 11.3 Å². The minimum atomic E-state index is -0.901. The molecule has 1 fully saturated rings. The third kappa shape index (κ3) is 4.85. The molecule has 0 spiro atoms. The highest BCUT2D eigenvalue weighted by molar-refractivity contribution is 7.22. The van der Waals surface area contributed by atoms with Crippen molar-refractivity contribution in [3.05, 3.63) is 88.5 Å². The van der Waals surface area contributed by atoms with E-state index in [4.69, 9.17) is 21.1 Å². The van der Waals surface area contributed by atoms with Crippen LogP contribution < -0.4 is 14.4 Å². The molecule has 1 unspecified atom stereocenters. The number of aliphatic hydroxyl groups is 1. The van der Waals surface area contributed by atoms with E-state index in [0.717, 1.165) is 11.1 Å². The van der Waals surface area contributed by atoms with Crippen LogP contribution in [0.4, 0.5) is 5.13 Å². The maximum atomic E-state index is 13.5. The quantitative estimate of drug-likeness (QED) is 0.149. The molecule has 1 aliphatic rings. The number of nitrogens with zero attached hydrogens (tertiary/aromatic N) is 2. The lowest BCUT2D eigenvalue weighted by molar-refractivity contribution is -0.132. The normalized spacial score (nSPS) is 16.8. The summed E-state index contributed by atoms with van der Waals surface area (Å²) in [6.45, 7) is 4.90. The third-order valence-electron chi connectivity index (χ3n) is 6.08. The van der Waals surface area contributed by atoms with Crippen LogP contribution in [0.25, 0.3) is 16.0 Å². The summed E-state index contributed by atoms with van der Waals surface area (Å²) in [4.78, 5) is 32.9. The van der Waals surface area contributed by atoms with Gasteiger partial charge in [-0.2, -0.15) is 0 Å². The van der Waals surface area contributed by atoms with Crippen LogP contribution in [0.1, 0.15) is 37.4 Å². The topological polar surface area (TPSA) is 89.0 Å². The summed E-state index contributed by atoms with van der Waals surface area (Å²) in [5.74, 6) is -0.630. The van der Waals surface area contributed by atoms with Gasteiger partial charge in [-0.15, -0.1) is 0 Å². The van der Waals surface area contributed by atoms with E-state index in [2.05, 4.69) is 4.98 Å². The average Bonchev–Trinajstić information content (AvgIpc) is 3.45. The van der Waals surface area contributed by atoms with Crippen molar-refractivity contribution in [2.75, 3.05) is 18.1 Å². The van der Waals surface area contributed by atoms with Gasteiger partial charge in [0.15, 0.2) is 5.13 Å². The van der Waals surface area contributed by atoms with E-state index >= 15 is 0 Å². The average molecular weight is 549 g/mol. The highest BCUT2D eigenvalue weighted by Crippen LogP contribution is 2.45. The fourth-order valence-corrected chi connectivity index (χ4v) is 5.62. The second-order valence-electron chi connectivity index (χ2n) is 8.66. The Morgan fingerprint density at radius 3 is 2.55 bits per heavy atom. The van der Waals surface area contributed by atoms with Crippen molar-refractivity contribution >= 4 is 55.7 Å². The maximum Gasteiger partial charge on any atom is 0.301 e. The number of fused-ring (bicyclic) bond motifs is 1. The summed E-state index contributed by atoms with van der Waals surface area (Å²) < 4.78 is 12.1. The predicted molar refractivity (Wildman–Crippen MR) is 149 cm³/mol. The van der Waals surface area contributed by atoms with Gasteiger partial charge >= 0.3 is 5.91 Å².